The minimum absolute atomic E-state index is 1.07. The Hall–Kier alpha value is -0.0400. The molecule has 0 spiro atoms. The summed E-state index contributed by atoms with van der Waals surface area (Å²) in [5.74, 6) is 2.19. The van der Waals surface area contributed by atoms with Crippen LogP contribution in [0.2, 0.25) is 0 Å². The second kappa shape index (κ2) is 42.8. The first-order valence-electron chi connectivity index (χ1n) is 9.33. The van der Waals surface area contributed by atoms with E-state index >= 15 is 0 Å². The molecule has 1 rings (SSSR count). The quantitative estimate of drug-likeness (QED) is 0.578. The Kier molecular flexibility index (Phi) is 68.5. The molecule has 1 nitrogen and oxygen atoms in total. The monoisotopic (exact) mass is 291 g/mol. The van der Waals surface area contributed by atoms with Crippen molar-refractivity contribution in [2.75, 3.05) is 7.05 Å². The van der Waals surface area contributed by atoms with Crippen LogP contribution < -0.4 is 5.73 Å². The Balaban J connectivity index is -0.0000000514. The van der Waals surface area contributed by atoms with Crippen LogP contribution in [-0.2, 0) is 0 Å². The molecule has 0 amide bonds. The largest absolute Gasteiger partial charge is 0.333 e. The highest BCUT2D eigenvalue weighted by molar-refractivity contribution is 4.81. The number of hydrogen-bond donors (Lipinski definition) is 1. The topological polar surface area (TPSA) is 26.0 Å². The summed E-state index contributed by atoms with van der Waals surface area (Å²) in [6.45, 7) is 21.0. The zero-order chi connectivity index (χ0) is 17.4. The van der Waals surface area contributed by atoms with E-state index in [4.69, 9.17) is 0 Å². The van der Waals surface area contributed by atoms with Crippen molar-refractivity contribution in [2.24, 2.45) is 17.6 Å². The smallest absolute Gasteiger partial charge is 0.0195 e. The lowest BCUT2D eigenvalue weighted by Crippen LogP contribution is -1.74. The molecule has 0 aromatic heterocycles. The van der Waals surface area contributed by atoms with Crippen LogP contribution in [0.5, 0.6) is 0 Å². The summed E-state index contributed by atoms with van der Waals surface area (Å²) >= 11 is 0. The van der Waals surface area contributed by atoms with Gasteiger partial charge in [0.15, 0.2) is 0 Å². The van der Waals surface area contributed by atoms with Crippen molar-refractivity contribution in [1.82, 2.24) is 0 Å². The van der Waals surface area contributed by atoms with E-state index in [0.717, 1.165) is 11.8 Å². The van der Waals surface area contributed by atoms with Crippen LogP contribution in [0.1, 0.15) is 108 Å². The Morgan fingerprint density at radius 3 is 1.10 bits per heavy atom. The summed E-state index contributed by atoms with van der Waals surface area (Å²) < 4.78 is 0. The molecular formula is C19H49N. The molecule has 1 aliphatic rings. The molecule has 0 heterocycles. The lowest BCUT2D eigenvalue weighted by molar-refractivity contribution is 0.659. The number of nitrogens with two attached hydrogens (primary N) is 1. The van der Waals surface area contributed by atoms with Crippen molar-refractivity contribution in [3.63, 3.8) is 0 Å². The lowest BCUT2D eigenvalue weighted by atomic mass is 10.2. The van der Waals surface area contributed by atoms with E-state index in [1.54, 1.807) is 0 Å². The minimum Gasteiger partial charge on any atom is -0.333 e. The van der Waals surface area contributed by atoms with Gasteiger partial charge in [-0.15, -0.1) is 0 Å². The zero-order valence-corrected chi connectivity index (χ0v) is 17.0. The van der Waals surface area contributed by atoms with Crippen molar-refractivity contribution in [3.8, 4) is 0 Å². The molecule has 1 aliphatic carbocycles. The molecule has 0 saturated heterocycles. The molecule has 0 aliphatic heterocycles. The van der Waals surface area contributed by atoms with E-state index < -0.39 is 0 Å². The highest BCUT2D eigenvalue weighted by Crippen LogP contribution is 2.40. The first-order valence-corrected chi connectivity index (χ1v) is 9.33. The van der Waals surface area contributed by atoms with Gasteiger partial charge in [-0.1, -0.05) is 101 Å². The van der Waals surface area contributed by atoms with E-state index in [-0.39, 0.29) is 0 Å². The maximum absolute atomic E-state index is 4.50. The number of rotatable bonds is 4. The van der Waals surface area contributed by atoms with Gasteiger partial charge in [0, 0.05) is 0 Å². The van der Waals surface area contributed by atoms with Crippen molar-refractivity contribution in [2.45, 2.75) is 108 Å². The van der Waals surface area contributed by atoms with E-state index in [1.807, 2.05) is 41.5 Å². The Labute approximate surface area is 133 Å². The van der Waals surface area contributed by atoms with Crippen molar-refractivity contribution in [3.05, 3.63) is 0 Å². The SMILES string of the molecule is CC.CC.CC.CCCC1CC1C.CCCCC.CN. The van der Waals surface area contributed by atoms with Gasteiger partial charge >= 0.3 is 0 Å². The minimum atomic E-state index is 1.07. The number of hydrogen-bond acceptors (Lipinski definition) is 1. The maximum atomic E-state index is 4.50. The third-order valence-corrected chi connectivity index (χ3v) is 2.64. The summed E-state index contributed by atoms with van der Waals surface area (Å²) in [5.41, 5.74) is 4.50. The molecule has 0 aromatic rings. The van der Waals surface area contributed by atoms with Crippen LogP contribution in [0, 0.1) is 11.8 Å². The molecule has 1 fully saturated rings. The molecule has 1 saturated carbocycles. The molecule has 20 heavy (non-hydrogen) atoms. The predicted octanol–water partition coefficient (Wildman–Crippen LogP) is 7.29. The van der Waals surface area contributed by atoms with Gasteiger partial charge in [-0.25, -0.2) is 0 Å². The predicted molar refractivity (Wildman–Crippen MR) is 102 cm³/mol. The molecule has 2 N–H and O–H groups in total. The average Bonchev–Trinajstić information content (AvgIpc) is 3.24. The highest BCUT2D eigenvalue weighted by atomic mass is 14.4. The summed E-state index contributed by atoms with van der Waals surface area (Å²) in [6.07, 6.45) is 8.44. The zero-order valence-electron chi connectivity index (χ0n) is 17.0. The summed E-state index contributed by atoms with van der Waals surface area (Å²) in [5, 5.41) is 0. The fraction of sp³-hybridized carbons (Fsp3) is 1.00. The van der Waals surface area contributed by atoms with Gasteiger partial charge in [0.25, 0.3) is 0 Å². The van der Waals surface area contributed by atoms with Crippen LogP contribution in [0.25, 0.3) is 0 Å². The third-order valence-electron chi connectivity index (χ3n) is 2.64. The summed E-state index contributed by atoms with van der Waals surface area (Å²) in [6, 6.07) is 0. The standard InChI is InChI=1S/C7H14.C5H12.3C2H6.CH5N/c1-3-4-7-5-6(7)2;1-3-5-4-2;4*1-2/h6-7H,3-5H2,1-2H3;3-5H2,1-2H3;3*1-2H3;2H2,1H3. The van der Waals surface area contributed by atoms with Crippen LogP contribution in [0.3, 0.4) is 0 Å². The van der Waals surface area contributed by atoms with Gasteiger partial charge in [-0.2, -0.15) is 0 Å². The normalized spacial score (nSPS) is 16.8. The van der Waals surface area contributed by atoms with E-state index in [1.165, 1.54) is 45.6 Å². The van der Waals surface area contributed by atoms with Gasteiger partial charge in [-0.05, 0) is 25.3 Å². The third kappa shape index (κ3) is 43.0. The lowest BCUT2D eigenvalue weighted by Gasteiger charge is -1.86. The van der Waals surface area contributed by atoms with Crippen LogP contribution >= 0.6 is 0 Å². The number of unbranched alkanes of at least 4 members (excludes halogenated alkanes) is 2. The summed E-state index contributed by atoms with van der Waals surface area (Å²) in [4.78, 5) is 0. The van der Waals surface area contributed by atoms with E-state index in [2.05, 4.69) is 33.4 Å². The molecule has 2 atom stereocenters. The van der Waals surface area contributed by atoms with Gasteiger partial charge in [0.05, 0.1) is 0 Å². The van der Waals surface area contributed by atoms with Gasteiger partial charge in [-0.3, -0.25) is 0 Å². The first-order chi connectivity index (χ1) is 9.76. The fourth-order valence-electron chi connectivity index (χ4n) is 1.53. The van der Waals surface area contributed by atoms with E-state index in [0.29, 0.717) is 0 Å². The molecule has 130 valence electrons. The summed E-state index contributed by atoms with van der Waals surface area (Å²) in [7, 11) is 1.50. The molecule has 1 heteroatoms. The maximum Gasteiger partial charge on any atom is -0.0195 e. The van der Waals surface area contributed by atoms with Crippen LogP contribution in [-0.4, -0.2) is 7.05 Å². The van der Waals surface area contributed by atoms with Gasteiger partial charge in [0.1, 0.15) is 0 Å². The Morgan fingerprint density at radius 1 is 0.750 bits per heavy atom. The second-order valence-electron chi connectivity index (χ2n) is 4.12. The van der Waals surface area contributed by atoms with Crippen LogP contribution in [0.4, 0.5) is 0 Å². The fourth-order valence-corrected chi connectivity index (χ4v) is 1.53. The van der Waals surface area contributed by atoms with Crippen molar-refractivity contribution in [1.29, 1.82) is 0 Å². The molecule has 0 aromatic carbocycles. The average molecular weight is 292 g/mol. The van der Waals surface area contributed by atoms with Crippen LogP contribution in [0.15, 0.2) is 0 Å². The molecule has 0 bridgehead atoms. The Bertz CT molecular complexity index is 89.8. The highest BCUT2D eigenvalue weighted by Gasteiger charge is 2.30. The van der Waals surface area contributed by atoms with Crippen molar-refractivity contribution < 1.29 is 0 Å². The van der Waals surface area contributed by atoms with E-state index in [9.17, 15) is 0 Å². The van der Waals surface area contributed by atoms with Gasteiger partial charge < -0.3 is 5.73 Å². The molecule has 0 radical (unpaired) electrons. The second-order valence-corrected chi connectivity index (χ2v) is 4.12. The van der Waals surface area contributed by atoms with Gasteiger partial charge in [0.2, 0.25) is 0 Å². The first kappa shape index (κ1) is 32.1. The van der Waals surface area contributed by atoms with Crippen molar-refractivity contribution >= 4 is 0 Å². The Morgan fingerprint density at radius 2 is 1.05 bits per heavy atom. The molecule has 2 unspecified atom stereocenters. The molecular weight excluding hydrogens is 242 g/mol.